The van der Waals surface area contributed by atoms with Crippen LogP contribution in [0.2, 0.25) is 0 Å². The first kappa shape index (κ1) is 9.37. The van der Waals surface area contributed by atoms with Crippen LogP contribution < -0.4 is 11.1 Å². The lowest BCUT2D eigenvalue weighted by Gasteiger charge is -2.25. The summed E-state index contributed by atoms with van der Waals surface area (Å²) in [6, 6.07) is 7.86. The average Bonchev–Trinajstić information content (AvgIpc) is 2.27. The Balaban J connectivity index is 2.35. The number of rotatable bonds is 2. The van der Waals surface area contributed by atoms with Gasteiger partial charge in [0, 0.05) is 6.54 Å². The summed E-state index contributed by atoms with van der Waals surface area (Å²) in [5.74, 6) is 0.0668. The topological polar surface area (TPSA) is 55.1 Å². The largest absolute Gasteiger partial charge is 0.324 e. The van der Waals surface area contributed by atoms with E-state index in [0.717, 1.165) is 18.5 Å². The molecular formula is C11H14N2O. The number of nitrogens with two attached hydrogens (primary N) is 1. The Bertz CT molecular complexity index is 349. The lowest BCUT2D eigenvalue weighted by molar-refractivity contribution is -0.120. The summed E-state index contributed by atoms with van der Waals surface area (Å²) in [7, 11) is 0. The first-order valence-electron chi connectivity index (χ1n) is 4.87. The number of Topliss-reactive ketones (excluding diaryl/α,β-unsaturated/α-hetero) is 1. The number of carbonyl (C=O) groups excluding carboxylic acids is 1. The third kappa shape index (κ3) is 1.56. The number of hydrogen-bond acceptors (Lipinski definition) is 3. The maximum atomic E-state index is 11.5. The maximum absolute atomic E-state index is 11.5. The molecule has 14 heavy (non-hydrogen) atoms. The zero-order valence-electron chi connectivity index (χ0n) is 7.99. The van der Waals surface area contributed by atoms with Crippen molar-refractivity contribution in [2.45, 2.75) is 12.5 Å². The molecule has 0 spiro atoms. The van der Waals surface area contributed by atoms with Crippen LogP contribution in [-0.2, 0) is 11.2 Å². The molecule has 0 aromatic heterocycles. The van der Waals surface area contributed by atoms with Crippen LogP contribution >= 0.6 is 0 Å². The van der Waals surface area contributed by atoms with E-state index in [2.05, 4.69) is 11.4 Å². The van der Waals surface area contributed by atoms with E-state index in [1.54, 1.807) is 0 Å². The minimum absolute atomic E-state index is 0.0668. The highest BCUT2D eigenvalue weighted by Gasteiger charge is 2.23. The van der Waals surface area contributed by atoms with E-state index >= 15 is 0 Å². The van der Waals surface area contributed by atoms with Gasteiger partial charge in [-0.3, -0.25) is 4.79 Å². The van der Waals surface area contributed by atoms with Gasteiger partial charge in [-0.25, -0.2) is 0 Å². The van der Waals surface area contributed by atoms with Crippen molar-refractivity contribution in [2.24, 2.45) is 5.73 Å². The van der Waals surface area contributed by atoms with Crippen molar-refractivity contribution >= 4 is 5.78 Å². The summed E-state index contributed by atoms with van der Waals surface area (Å²) in [6.45, 7) is 0.958. The summed E-state index contributed by atoms with van der Waals surface area (Å²) in [4.78, 5) is 11.5. The van der Waals surface area contributed by atoms with Crippen molar-refractivity contribution in [3.05, 3.63) is 35.4 Å². The molecule has 0 radical (unpaired) electrons. The van der Waals surface area contributed by atoms with Gasteiger partial charge in [-0.1, -0.05) is 24.3 Å². The second kappa shape index (κ2) is 3.90. The lowest BCUT2D eigenvalue weighted by Crippen LogP contribution is -2.37. The van der Waals surface area contributed by atoms with Crippen molar-refractivity contribution in [3.63, 3.8) is 0 Å². The van der Waals surface area contributed by atoms with E-state index < -0.39 is 0 Å². The van der Waals surface area contributed by atoms with Crippen molar-refractivity contribution in [2.75, 3.05) is 13.1 Å². The Kier molecular flexibility index (Phi) is 2.61. The van der Waals surface area contributed by atoms with E-state index in [4.69, 9.17) is 5.73 Å². The molecule has 1 unspecified atom stereocenters. The highest BCUT2D eigenvalue weighted by molar-refractivity contribution is 5.87. The lowest BCUT2D eigenvalue weighted by atomic mass is 9.92. The van der Waals surface area contributed by atoms with Crippen molar-refractivity contribution in [1.29, 1.82) is 0 Å². The molecule has 0 saturated carbocycles. The number of fused-ring (bicyclic) bond motifs is 1. The third-order valence-corrected chi connectivity index (χ3v) is 2.63. The number of benzene rings is 1. The molecule has 0 bridgehead atoms. The maximum Gasteiger partial charge on any atom is 0.167 e. The molecule has 1 atom stereocenters. The van der Waals surface area contributed by atoms with E-state index in [9.17, 15) is 4.79 Å². The molecule has 0 fully saturated rings. The van der Waals surface area contributed by atoms with Gasteiger partial charge in [-0.2, -0.15) is 0 Å². The molecule has 0 aliphatic carbocycles. The van der Waals surface area contributed by atoms with Gasteiger partial charge < -0.3 is 11.1 Å². The standard InChI is InChI=1S/C11H14N2O/c12-7-10(14)11-9-4-2-1-3-8(9)5-6-13-11/h1-4,11,13H,5-7,12H2. The van der Waals surface area contributed by atoms with Crippen molar-refractivity contribution < 1.29 is 4.79 Å². The smallest absolute Gasteiger partial charge is 0.167 e. The minimum atomic E-state index is -0.190. The highest BCUT2D eigenvalue weighted by atomic mass is 16.1. The molecule has 3 heteroatoms. The summed E-state index contributed by atoms with van der Waals surface area (Å²) < 4.78 is 0. The molecule has 0 saturated heterocycles. The monoisotopic (exact) mass is 190 g/mol. The fraction of sp³-hybridized carbons (Fsp3) is 0.364. The molecule has 1 aliphatic rings. The predicted molar refractivity (Wildman–Crippen MR) is 55.0 cm³/mol. The first-order chi connectivity index (χ1) is 6.83. The van der Waals surface area contributed by atoms with Gasteiger partial charge in [-0.15, -0.1) is 0 Å². The number of nitrogens with one attached hydrogen (secondary N) is 1. The second-order valence-electron chi connectivity index (χ2n) is 3.51. The summed E-state index contributed by atoms with van der Waals surface area (Å²) in [5, 5.41) is 3.20. The summed E-state index contributed by atoms with van der Waals surface area (Å²) >= 11 is 0. The zero-order chi connectivity index (χ0) is 9.97. The Hall–Kier alpha value is -1.19. The molecule has 2 rings (SSSR count). The summed E-state index contributed by atoms with van der Waals surface area (Å²) in [6.07, 6.45) is 0.991. The van der Waals surface area contributed by atoms with Crippen LogP contribution in [0.4, 0.5) is 0 Å². The average molecular weight is 190 g/mol. The predicted octanol–water partition coefficient (Wildman–Crippen LogP) is 0.401. The molecule has 1 aromatic rings. The number of ketones is 1. The molecule has 1 aliphatic heterocycles. The van der Waals surface area contributed by atoms with E-state index in [1.165, 1.54) is 5.56 Å². The fourth-order valence-electron chi connectivity index (χ4n) is 1.91. The third-order valence-electron chi connectivity index (χ3n) is 2.63. The van der Waals surface area contributed by atoms with E-state index in [1.807, 2.05) is 18.2 Å². The molecule has 1 aromatic carbocycles. The fourth-order valence-corrected chi connectivity index (χ4v) is 1.91. The number of hydrogen-bond donors (Lipinski definition) is 2. The van der Waals surface area contributed by atoms with Crippen molar-refractivity contribution in [1.82, 2.24) is 5.32 Å². The zero-order valence-corrected chi connectivity index (χ0v) is 7.99. The molecule has 1 heterocycles. The van der Waals surface area contributed by atoms with Crippen LogP contribution in [0.5, 0.6) is 0 Å². The van der Waals surface area contributed by atoms with Gasteiger partial charge in [0.2, 0.25) is 0 Å². The molecule has 3 nitrogen and oxygen atoms in total. The van der Waals surface area contributed by atoms with Crippen LogP contribution in [0, 0.1) is 0 Å². The van der Waals surface area contributed by atoms with Gasteiger partial charge in [0.15, 0.2) is 5.78 Å². The second-order valence-corrected chi connectivity index (χ2v) is 3.51. The van der Waals surface area contributed by atoms with Crippen LogP contribution in [0.25, 0.3) is 0 Å². The van der Waals surface area contributed by atoms with Gasteiger partial charge in [-0.05, 0) is 17.5 Å². The molecule has 3 N–H and O–H groups in total. The van der Waals surface area contributed by atoms with Crippen LogP contribution in [0.3, 0.4) is 0 Å². The number of carbonyl (C=O) groups is 1. The summed E-state index contributed by atoms with van der Waals surface area (Å²) in [5.41, 5.74) is 7.72. The molecular weight excluding hydrogens is 176 g/mol. The van der Waals surface area contributed by atoms with Gasteiger partial charge >= 0.3 is 0 Å². The van der Waals surface area contributed by atoms with Gasteiger partial charge in [0.25, 0.3) is 0 Å². The molecule has 74 valence electrons. The van der Waals surface area contributed by atoms with Crippen LogP contribution in [0.1, 0.15) is 17.2 Å². The Morgan fingerprint density at radius 2 is 2.29 bits per heavy atom. The first-order valence-corrected chi connectivity index (χ1v) is 4.87. The molecule has 0 amide bonds. The van der Waals surface area contributed by atoms with Crippen LogP contribution in [-0.4, -0.2) is 18.9 Å². The Morgan fingerprint density at radius 1 is 1.50 bits per heavy atom. The Labute approximate surface area is 83.3 Å². The highest BCUT2D eigenvalue weighted by Crippen LogP contribution is 2.22. The quantitative estimate of drug-likeness (QED) is 0.709. The van der Waals surface area contributed by atoms with Crippen molar-refractivity contribution in [3.8, 4) is 0 Å². The SMILES string of the molecule is NCC(=O)C1NCCc2ccccc21. The normalized spacial score (nSPS) is 20.2. The minimum Gasteiger partial charge on any atom is -0.324 e. The van der Waals surface area contributed by atoms with E-state index in [0.29, 0.717) is 0 Å². The van der Waals surface area contributed by atoms with Crippen LogP contribution in [0.15, 0.2) is 24.3 Å². The van der Waals surface area contributed by atoms with Gasteiger partial charge in [0.1, 0.15) is 0 Å². The van der Waals surface area contributed by atoms with E-state index in [-0.39, 0.29) is 18.4 Å². The Morgan fingerprint density at radius 3 is 3.07 bits per heavy atom. The van der Waals surface area contributed by atoms with Gasteiger partial charge in [0.05, 0.1) is 12.6 Å².